The summed E-state index contributed by atoms with van der Waals surface area (Å²) in [6.07, 6.45) is 4.34. The highest BCUT2D eigenvalue weighted by molar-refractivity contribution is 9.10. The second kappa shape index (κ2) is 6.94. The van der Waals surface area contributed by atoms with Gasteiger partial charge in [-0.2, -0.15) is 0 Å². The number of ether oxygens (including phenoxy) is 2. The SMILES string of the molecule is COc1cc(COC2CCN(C)CC2)c2nccc(Br)c2c1. The molecule has 22 heavy (non-hydrogen) atoms. The van der Waals surface area contributed by atoms with E-state index in [0.29, 0.717) is 12.7 Å². The van der Waals surface area contributed by atoms with Gasteiger partial charge in [-0.1, -0.05) is 15.9 Å². The average molecular weight is 365 g/mol. The van der Waals surface area contributed by atoms with Gasteiger partial charge in [-0.15, -0.1) is 0 Å². The molecule has 118 valence electrons. The van der Waals surface area contributed by atoms with Gasteiger partial charge in [-0.25, -0.2) is 0 Å². The maximum Gasteiger partial charge on any atom is 0.120 e. The number of pyridine rings is 1. The van der Waals surface area contributed by atoms with Crippen molar-refractivity contribution in [2.24, 2.45) is 0 Å². The van der Waals surface area contributed by atoms with Crippen molar-refractivity contribution in [3.8, 4) is 5.75 Å². The lowest BCUT2D eigenvalue weighted by Crippen LogP contribution is -2.34. The summed E-state index contributed by atoms with van der Waals surface area (Å²) in [4.78, 5) is 6.87. The summed E-state index contributed by atoms with van der Waals surface area (Å²) in [6.45, 7) is 2.78. The predicted molar refractivity (Wildman–Crippen MR) is 91.3 cm³/mol. The van der Waals surface area contributed by atoms with Crippen LogP contribution >= 0.6 is 15.9 Å². The van der Waals surface area contributed by atoms with E-state index >= 15 is 0 Å². The summed E-state index contributed by atoms with van der Waals surface area (Å²) in [5.74, 6) is 0.836. The molecule has 0 aliphatic carbocycles. The van der Waals surface area contributed by atoms with E-state index in [1.54, 1.807) is 7.11 Å². The third-order valence-electron chi connectivity index (χ3n) is 4.22. The Balaban J connectivity index is 1.82. The summed E-state index contributed by atoms with van der Waals surface area (Å²) in [6, 6.07) is 5.98. The number of likely N-dealkylation sites (tertiary alicyclic amines) is 1. The normalized spacial score (nSPS) is 17.0. The first-order valence-electron chi connectivity index (χ1n) is 7.58. The minimum absolute atomic E-state index is 0.338. The molecule has 2 aromatic rings. The molecular weight excluding hydrogens is 344 g/mol. The van der Waals surface area contributed by atoms with Crippen LogP contribution in [0.1, 0.15) is 18.4 Å². The van der Waals surface area contributed by atoms with E-state index in [0.717, 1.165) is 52.6 Å². The molecule has 0 saturated carbocycles. The smallest absolute Gasteiger partial charge is 0.120 e. The monoisotopic (exact) mass is 364 g/mol. The Morgan fingerprint density at radius 1 is 1.32 bits per heavy atom. The first kappa shape index (κ1) is 15.7. The molecular formula is C17H21BrN2O2. The van der Waals surface area contributed by atoms with Gasteiger partial charge in [0.05, 0.1) is 25.3 Å². The minimum Gasteiger partial charge on any atom is -0.497 e. The van der Waals surface area contributed by atoms with Gasteiger partial charge in [-0.3, -0.25) is 4.98 Å². The number of benzene rings is 1. The van der Waals surface area contributed by atoms with E-state index in [-0.39, 0.29) is 0 Å². The molecule has 0 unspecified atom stereocenters. The van der Waals surface area contributed by atoms with Gasteiger partial charge in [-0.05, 0) is 38.1 Å². The van der Waals surface area contributed by atoms with Gasteiger partial charge in [0.1, 0.15) is 5.75 Å². The highest BCUT2D eigenvalue weighted by Crippen LogP contribution is 2.30. The number of halogens is 1. The maximum absolute atomic E-state index is 6.13. The molecule has 1 aromatic heterocycles. The summed E-state index contributed by atoms with van der Waals surface area (Å²) < 4.78 is 12.6. The fourth-order valence-electron chi connectivity index (χ4n) is 2.85. The van der Waals surface area contributed by atoms with E-state index in [2.05, 4.69) is 32.9 Å². The first-order valence-corrected chi connectivity index (χ1v) is 8.38. The molecule has 4 nitrogen and oxygen atoms in total. The predicted octanol–water partition coefficient (Wildman–Crippen LogP) is 3.62. The second-order valence-corrected chi connectivity index (χ2v) is 6.64. The summed E-state index contributed by atoms with van der Waals surface area (Å²) >= 11 is 3.59. The van der Waals surface area contributed by atoms with Crippen molar-refractivity contribution >= 4 is 26.8 Å². The van der Waals surface area contributed by atoms with Crippen LogP contribution in [0.25, 0.3) is 10.9 Å². The molecule has 1 saturated heterocycles. The molecule has 0 amide bonds. The van der Waals surface area contributed by atoms with Gasteiger partial charge in [0, 0.05) is 34.7 Å². The van der Waals surface area contributed by atoms with Crippen molar-refractivity contribution in [3.63, 3.8) is 0 Å². The largest absolute Gasteiger partial charge is 0.497 e. The number of aromatic nitrogens is 1. The van der Waals surface area contributed by atoms with Gasteiger partial charge in [0.25, 0.3) is 0 Å². The topological polar surface area (TPSA) is 34.6 Å². The van der Waals surface area contributed by atoms with Crippen molar-refractivity contribution in [2.45, 2.75) is 25.6 Å². The molecule has 1 fully saturated rings. The quantitative estimate of drug-likeness (QED) is 0.829. The Kier molecular flexibility index (Phi) is 4.96. The first-order chi connectivity index (χ1) is 10.7. The highest BCUT2D eigenvalue weighted by atomic mass is 79.9. The molecule has 0 N–H and O–H groups in total. The number of nitrogens with zero attached hydrogens (tertiary/aromatic N) is 2. The van der Waals surface area contributed by atoms with Gasteiger partial charge < -0.3 is 14.4 Å². The summed E-state index contributed by atoms with van der Waals surface area (Å²) in [7, 11) is 3.85. The fourth-order valence-corrected chi connectivity index (χ4v) is 3.27. The third kappa shape index (κ3) is 3.42. The lowest BCUT2D eigenvalue weighted by molar-refractivity contribution is 0.00250. The van der Waals surface area contributed by atoms with Crippen LogP contribution in [0.15, 0.2) is 28.9 Å². The second-order valence-electron chi connectivity index (χ2n) is 5.79. The van der Waals surface area contributed by atoms with Gasteiger partial charge in [0.15, 0.2) is 0 Å². The van der Waals surface area contributed by atoms with Crippen molar-refractivity contribution in [3.05, 3.63) is 34.4 Å². The summed E-state index contributed by atoms with van der Waals surface area (Å²) in [5.41, 5.74) is 2.05. The molecule has 3 rings (SSSR count). The lowest BCUT2D eigenvalue weighted by Gasteiger charge is -2.29. The molecule has 2 heterocycles. The Labute approximate surface area is 139 Å². The number of hydrogen-bond donors (Lipinski definition) is 0. The van der Waals surface area contributed by atoms with Gasteiger partial charge >= 0.3 is 0 Å². The van der Waals surface area contributed by atoms with Crippen LogP contribution in [0.2, 0.25) is 0 Å². The fraction of sp³-hybridized carbons (Fsp3) is 0.471. The zero-order chi connectivity index (χ0) is 15.5. The molecule has 0 bridgehead atoms. The van der Waals surface area contributed by atoms with E-state index < -0.39 is 0 Å². The molecule has 5 heteroatoms. The zero-order valence-corrected chi connectivity index (χ0v) is 14.6. The van der Waals surface area contributed by atoms with Crippen molar-refractivity contribution < 1.29 is 9.47 Å². The third-order valence-corrected chi connectivity index (χ3v) is 4.91. The average Bonchev–Trinajstić information content (AvgIpc) is 2.54. The maximum atomic E-state index is 6.13. The van der Waals surface area contributed by atoms with Crippen LogP contribution in [0.3, 0.4) is 0 Å². The Morgan fingerprint density at radius 3 is 2.82 bits per heavy atom. The molecule has 1 aromatic carbocycles. The molecule has 0 atom stereocenters. The molecule has 0 radical (unpaired) electrons. The zero-order valence-electron chi connectivity index (χ0n) is 13.0. The van der Waals surface area contributed by atoms with Crippen LogP contribution < -0.4 is 4.74 Å². The van der Waals surface area contributed by atoms with E-state index in [1.165, 1.54) is 0 Å². The van der Waals surface area contributed by atoms with Crippen LogP contribution in [0.5, 0.6) is 5.75 Å². The Bertz CT molecular complexity index is 654. The van der Waals surface area contributed by atoms with E-state index in [1.807, 2.05) is 24.4 Å². The molecule has 0 spiro atoms. The van der Waals surface area contributed by atoms with Crippen LogP contribution in [-0.2, 0) is 11.3 Å². The number of fused-ring (bicyclic) bond motifs is 1. The van der Waals surface area contributed by atoms with Gasteiger partial charge in [0.2, 0.25) is 0 Å². The lowest BCUT2D eigenvalue weighted by atomic mass is 10.1. The van der Waals surface area contributed by atoms with Crippen molar-refractivity contribution in [1.82, 2.24) is 9.88 Å². The summed E-state index contributed by atoms with van der Waals surface area (Å²) in [5, 5.41) is 1.06. The number of piperidine rings is 1. The highest BCUT2D eigenvalue weighted by Gasteiger charge is 2.18. The van der Waals surface area contributed by atoms with Crippen molar-refractivity contribution in [2.75, 3.05) is 27.2 Å². The number of rotatable bonds is 4. The minimum atomic E-state index is 0.338. The Hall–Kier alpha value is -1.17. The van der Waals surface area contributed by atoms with Crippen LogP contribution in [-0.4, -0.2) is 43.2 Å². The standard InChI is InChI=1S/C17H21BrN2O2/c1-20-7-4-13(5-8-20)22-11-12-9-14(21-2)10-15-16(18)3-6-19-17(12)15/h3,6,9-10,13H,4-5,7-8,11H2,1-2H3. The van der Waals surface area contributed by atoms with Crippen molar-refractivity contribution in [1.29, 1.82) is 0 Å². The Morgan fingerprint density at radius 2 is 2.09 bits per heavy atom. The number of methoxy groups -OCH3 is 1. The van der Waals surface area contributed by atoms with E-state index in [4.69, 9.17) is 9.47 Å². The molecule has 1 aliphatic heterocycles. The van der Waals surface area contributed by atoms with Crippen LogP contribution in [0.4, 0.5) is 0 Å². The molecule has 1 aliphatic rings. The van der Waals surface area contributed by atoms with E-state index in [9.17, 15) is 0 Å². The number of hydrogen-bond acceptors (Lipinski definition) is 4. The van der Waals surface area contributed by atoms with Crippen LogP contribution in [0, 0.1) is 0 Å².